The van der Waals surface area contributed by atoms with Gasteiger partial charge in [0.1, 0.15) is 11.5 Å². The Hall–Kier alpha value is -2.55. The van der Waals surface area contributed by atoms with Crippen LogP contribution in [0.3, 0.4) is 0 Å². The van der Waals surface area contributed by atoms with E-state index in [1.807, 2.05) is 4.90 Å². The number of benzene rings is 1. The minimum absolute atomic E-state index is 0.108. The number of nitrogens with zero attached hydrogens (tertiary/aromatic N) is 3. The molecule has 1 aromatic heterocycles. The fourth-order valence-corrected chi connectivity index (χ4v) is 3.53. The number of esters is 1. The Morgan fingerprint density at radius 2 is 2.19 bits per heavy atom. The van der Waals surface area contributed by atoms with Crippen LogP contribution < -0.4 is 4.90 Å². The molecule has 0 radical (unpaired) electrons. The summed E-state index contributed by atoms with van der Waals surface area (Å²) in [4.78, 5) is 28.3. The van der Waals surface area contributed by atoms with Crippen LogP contribution >= 0.6 is 15.9 Å². The van der Waals surface area contributed by atoms with Crippen molar-refractivity contribution in [2.45, 2.75) is 18.9 Å². The fraction of sp³-hybridized carbons (Fsp3) is 0.294. The molecule has 0 spiro atoms. The number of anilines is 1. The van der Waals surface area contributed by atoms with Gasteiger partial charge in [-0.15, -0.1) is 0 Å². The lowest BCUT2D eigenvalue weighted by Crippen LogP contribution is -2.24. The van der Waals surface area contributed by atoms with E-state index in [1.165, 1.54) is 19.4 Å². The van der Waals surface area contributed by atoms with Crippen molar-refractivity contribution in [1.29, 1.82) is 0 Å². The first kappa shape index (κ1) is 18.2. The fourth-order valence-electron chi connectivity index (χ4n) is 3.22. The monoisotopic (exact) mass is 423 g/mol. The Morgan fingerprint density at radius 1 is 1.42 bits per heavy atom. The van der Waals surface area contributed by atoms with Crippen molar-refractivity contribution in [2.24, 2.45) is 0 Å². The van der Waals surface area contributed by atoms with Crippen molar-refractivity contribution in [1.82, 2.24) is 4.98 Å². The van der Waals surface area contributed by atoms with Crippen molar-refractivity contribution in [3.8, 4) is 0 Å². The van der Waals surface area contributed by atoms with Crippen LogP contribution in [-0.4, -0.2) is 29.5 Å². The zero-order chi connectivity index (χ0) is 18.8. The molecule has 26 heavy (non-hydrogen) atoms. The highest BCUT2D eigenvalue weighted by Crippen LogP contribution is 2.40. The summed E-state index contributed by atoms with van der Waals surface area (Å²) >= 11 is 3.29. The van der Waals surface area contributed by atoms with Gasteiger partial charge >= 0.3 is 11.8 Å². The molecule has 3 rings (SSSR count). The number of methoxy groups -OCH3 is 1. The van der Waals surface area contributed by atoms with Crippen LogP contribution in [0.2, 0.25) is 0 Å². The van der Waals surface area contributed by atoms with Gasteiger partial charge in [0.15, 0.2) is 6.20 Å². The van der Waals surface area contributed by atoms with E-state index in [4.69, 9.17) is 0 Å². The van der Waals surface area contributed by atoms with Crippen LogP contribution in [0.15, 0.2) is 34.9 Å². The minimum atomic E-state index is -0.634. The van der Waals surface area contributed by atoms with Crippen molar-refractivity contribution in [3.05, 3.63) is 62.0 Å². The van der Waals surface area contributed by atoms with E-state index < -0.39 is 16.7 Å². The lowest BCUT2D eigenvalue weighted by atomic mass is 10.0. The first-order chi connectivity index (χ1) is 12.4. The summed E-state index contributed by atoms with van der Waals surface area (Å²) in [6, 6.07) is 5.34. The molecule has 136 valence electrons. The van der Waals surface area contributed by atoms with Crippen molar-refractivity contribution in [2.75, 3.05) is 18.6 Å². The molecule has 0 amide bonds. The maximum Gasteiger partial charge on any atom is 0.387 e. The molecule has 1 fully saturated rings. The van der Waals surface area contributed by atoms with E-state index in [9.17, 15) is 19.3 Å². The van der Waals surface area contributed by atoms with Gasteiger partial charge in [0.05, 0.1) is 23.2 Å². The Balaban J connectivity index is 2.05. The van der Waals surface area contributed by atoms with Crippen LogP contribution in [0.1, 0.15) is 34.8 Å². The SMILES string of the molecule is COC(=O)c1cc(F)cc([C@H]2CCCN2c2cc(Br)cnc2[N+](=O)[O-])c1. The molecular formula is C17H15BrFN3O4. The quantitative estimate of drug-likeness (QED) is 0.419. The van der Waals surface area contributed by atoms with E-state index in [0.717, 1.165) is 12.5 Å². The smallest absolute Gasteiger partial charge is 0.387 e. The van der Waals surface area contributed by atoms with Crippen molar-refractivity contribution >= 4 is 33.4 Å². The van der Waals surface area contributed by atoms with E-state index in [-0.39, 0.29) is 17.4 Å². The number of hydrogen-bond acceptors (Lipinski definition) is 6. The summed E-state index contributed by atoms with van der Waals surface area (Å²) in [6.45, 7) is 0.563. The van der Waals surface area contributed by atoms with Crippen LogP contribution in [0.4, 0.5) is 15.9 Å². The van der Waals surface area contributed by atoms with Crippen LogP contribution in [0.25, 0.3) is 0 Å². The maximum atomic E-state index is 14.0. The number of carbonyl (C=O) groups excluding carboxylic acids is 1. The van der Waals surface area contributed by atoms with Gasteiger partial charge in [-0.25, -0.2) is 9.18 Å². The summed E-state index contributed by atoms with van der Waals surface area (Å²) in [6.07, 6.45) is 2.82. The highest BCUT2D eigenvalue weighted by molar-refractivity contribution is 9.10. The maximum absolute atomic E-state index is 14.0. The molecule has 1 atom stereocenters. The topological polar surface area (TPSA) is 85.6 Å². The molecule has 9 heteroatoms. The van der Waals surface area contributed by atoms with Gasteiger partial charge in [-0.05, 0) is 68.5 Å². The molecule has 1 aliphatic heterocycles. The predicted molar refractivity (Wildman–Crippen MR) is 95.7 cm³/mol. The number of carbonyl (C=O) groups is 1. The van der Waals surface area contributed by atoms with E-state index >= 15 is 0 Å². The van der Waals surface area contributed by atoms with E-state index in [0.29, 0.717) is 28.7 Å². The lowest BCUT2D eigenvalue weighted by Gasteiger charge is -2.27. The van der Waals surface area contributed by atoms with Gasteiger partial charge < -0.3 is 19.8 Å². The Labute approximate surface area is 157 Å². The zero-order valence-electron chi connectivity index (χ0n) is 13.8. The molecule has 0 unspecified atom stereocenters. The number of nitro groups is 1. The molecule has 2 aromatic rings. The van der Waals surface area contributed by atoms with Gasteiger partial charge in [0.25, 0.3) is 0 Å². The number of hydrogen-bond donors (Lipinski definition) is 0. The predicted octanol–water partition coefficient (Wildman–Crippen LogP) is 4.02. The summed E-state index contributed by atoms with van der Waals surface area (Å²) in [7, 11) is 1.23. The van der Waals surface area contributed by atoms with Gasteiger partial charge in [0, 0.05) is 6.54 Å². The third kappa shape index (κ3) is 3.52. The molecule has 1 aromatic carbocycles. The molecular weight excluding hydrogens is 409 g/mol. The standard InChI is InChI=1S/C17H15BrFN3O4/c1-26-17(23)11-5-10(6-13(19)7-11)14-3-2-4-21(14)15-8-12(18)9-20-16(15)22(24)25/h5-9,14H,2-4H2,1H3/t14-/m1/s1. The summed E-state index contributed by atoms with van der Waals surface area (Å²) < 4.78 is 19.3. The van der Waals surface area contributed by atoms with Crippen LogP contribution in [0.5, 0.6) is 0 Å². The number of aromatic nitrogens is 1. The molecule has 0 bridgehead atoms. The second-order valence-electron chi connectivity index (χ2n) is 5.87. The number of pyridine rings is 1. The van der Waals surface area contributed by atoms with E-state index in [1.54, 1.807) is 12.1 Å². The van der Waals surface area contributed by atoms with Gasteiger partial charge in [0.2, 0.25) is 0 Å². The minimum Gasteiger partial charge on any atom is -0.465 e. The summed E-state index contributed by atoms with van der Waals surface area (Å²) in [5.41, 5.74) is 1.03. The third-order valence-corrected chi connectivity index (χ3v) is 4.71. The highest BCUT2D eigenvalue weighted by atomic mass is 79.9. The van der Waals surface area contributed by atoms with Crippen molar-refractivity contribution in [3.63, 3.8) is 0 Å². The normalized spacial score (nSPS) is 16.6. The number of ether oxygens (including phenoxy) is 1. The third-order valence-electron chi connectivity index (χ3n) is 4.28. The Bertz CT molecular complexity index is 877. The van der Waals surface area contributed by atoms with Gasteiger partial charge in [-0.1, -0.05) is 0 Å². The largest absolute Gasteiger partial charge is 0.465 e. The van der Waals surface area contributed by atoms with Crippen molar-refractivity contribution < 1.29 is 18.8 Å². The first-order valence-corrected chi connectivity index (χ1v) is 8.65. The molecule has 7 nitrogen and oxygen atoms in total. The summed E-state index contributed by atoms with van der Waals surface area (Å²) in [5, 5.41) is 11.3. The molecule has 2 heterocycles. The highest BCUT2D eigenvalue weighted by Gasteiger charge is 2.32. The molecule has 0 aliphatic carbocycles. The van der Waals surface area contributed by atoms with Crippen LogP contribution in [0, 0.1) is 15.9 Å². The van der Waals surface area contributed by atoms with E-state index in [2.05, 4.69) is 25.7 Å². The summed E-state index contributed by atoms with van der Waals surface area (Å²) in [5.74, 6) is -1.45. The molecule has 0 N–H and O–H groups in total. The zero-order valence-corrected chi connectivity index (χ0v) is 15.4. The number of rotatable bonds is 4. The Kier molecular flexibility index (Phi) is 5.17. The lowest BCUT2D eigenvalue weighted by molar-refractivity contribution is -0.388. The first-order valence-electron chi connectivity index (χ1n) is 7.86. The number of halogens is 2. The molecule has 0 saturated carbocycles. The van der Waals surface area contributed by atoms with Gasteiger partial charge in [-0.2, -0.15) is 0 Å². The molecule has 1 saturated heterocycles. The van der Waals surface area contributed by atoms with Crippen LogP contribution in [-0.2, 0) is 4.74 Å². The average Bonchev–Trinajstić information content (AvgIpc) is 3.09. The molecule has 1 aliphatic rings. The average molecular weight is 424 g/mol. The second kappa shape index (κ2) is 7.36. The second-order valence-corrected chi connectivity index (χ2v) is 6.79. The van der Waals surface area contributed by atoms with Gasteiger partial charge in [-0.3, -0.25) is 0 Å². The Morgan fingerprint density at radius 3 is 2.88 bits per heavy atom.